The molecule has 1 aromatic carbocycles. The third-order valence-corrected chi connectivity index (χ3v) is 6.10. The smallest absolute Gasteiger partial charge is 0.220 e. The molecule has 1 fully saturated rings. The number of methoxy groups -OCH3 is 2. The Kier molecular flexibility index (Phi) is 8.35. The maximum Gasteiger partial charge on any atom is 0.220 e. The molecule has 0 bridgehead atoms. The zero-order chi connectivity index (χ0) is 22.2. The molecule has 1 aliphatic heterocycles. The number of aryl methyl sites for hydroxylation is 2. The van der Waals surface area contributed by atoms with E-state index >= 15 is 0 Å². The predicted octanol–water partition coefficient (Wildman–Crippen LogP) is 3.61. The lowest BCUT2D eigenvalue weighted by Crippen LogP contribution is -2.35. The van der Waals surface area contributed by atoms with Crippen molar-refractivity contribution in [3.63, 3.8) is 0 Å². The number of imidazole rings is 1. The summed E-state index contributed by atoms with van der Waals surface area (Å²) in [5, 5.41) is 3.03. The highest BCUT2D eigenvalue weighted by atomic mass is 16.5. The molecular weight excluding hydrogens is 392 g/mol. The van der Waals surface area contributed by atoms with E-state index in [1.807, 2.05) is 18.2 Å². The van der Waals surface area contributed by atoms with Gasteiger partial charge in [0, 0.05) is 49.8 Å². The molecule has 1 saturated heterocycles. The molecule has 2 aromatic rings. The molecular formula is C24H36N4O3. The molecule has 1 aliphatic rings. The van der Waals surface area contributed by atoms with E-state index in [0.29, 0.717) is 18.9 Å². The van der Waals surface area contributed by atoms with E-state index in [9.17, 15) is 4.79 Å². The summed E-state index contributed by atoms with van der Waals surface area (Å²) in [6, 6.07) is 5.64. The first-order valence-electron chi connectivity index (χ1n) is 11.3. The molecule has 7 nitrogen and oxygen atoms in total. The Bertz CT molecular complexity index is 865. The minimum Gasteiger partial charge on any atom is -0.497 e. The Morgan fingerprint density at radius 3 is 2.87 bits per heavy atom. The summed E-state index contributed by atoms with van der Waals surface area (Å²) < 4.78 is 10.6. The quantitative estimate of drug-likeness (QED) is 0.604. The zero-order valence-electron chi connectivity index (χ0n) is 19.3. The van der Waals surface area contributed by atoms with Gasteiger partial charge >= 0.3 is 0 Å². The largest absolute Gasteiger partial charge is 0.497 e. The number of aromatic amines is 1. The molecule has 170 valence electrons. The third-order valence-electron chi connectivity index (χ3n) is 6.10. The van der Waals surface area contributed by atoms with Crippen LogP contribution in [0.25, 0.3) is 0 Å². The standard InChI is InChI=1S/C24H36N4O3/c1-5-23-26-17(2)21(27-23)16-28-12-6-7-18(15-28)8-11-24(29)25-14-19-9-10-20(30-3)13-22(19)31-4/h9-10,13,18H,5-8,11-12,14-16H2,1-4H3,(H,25,29)(H,26,27)/t18-/m1/s1. The Morgan fingerprint density at radius 2 is 2.16 bits per heavy atom. The van der Waals surface area contributed by atoms with Crippen LogP contribution >= 0.6 is 0 Å². The molecule has 1 aromatic heterocycles. The maximum absolute atomic E-state index is 12.4. The van der Waals surface area contributed by atoms with Gasteiger partial charge < -0.3 is 19.8 Å². The van der Waals surface area contributed by atoms with Crippen LogP contribution in [-0.4, -0.2) is 48.1 Å². The summed E-state index contributed by atoms with van der Waals surface area (Å²) in [7, 11) is 3.25. The SMILES string of the molecule is CCc1nc(CN2CCC[C@H](CCC(=O)NCc3ccc(OC)cc3OC)C2)c(C)[nH]1. The Morgan fingerprint density at radius 1 is 1.32 bits per heavy atom. The first-order chi connectivity index (χ1) is 15.0. The highest BCUT2D eigenvalue weighted by Gasteiger charge is 2.22. The normalized spacial score (nSPS) is 16.8. The minimum absolute atomic E-state index is 0.0886. The van der Waals surface area contributed by atoms with Crippen LogP contribution in [0.3, 0.4) is 0 Å². The van der Waals surface area contributed by atoms with Gasteiger partial charge in [-0.1, -0.05) is 6.92 Å². The average Bonchev–Trinajstić information content (AvgIpc) is 3.15. The number of aromatic nitrogens is 2. The first kappa shape index (κ1) is 23.1. The molecule has 2 N–H and O–H groups in total. The van der Waals surface area contributed by atoms with Crippen molar-refractivity contribution < 1.29 is 14.3 Å². The Hall–Kier alpha value is -2.54. The second kappa shape index (κ2) is 11.2. The van der Waals surface area contributed by atoms with Gasteiger partial charge in [0.1, 0.15) is 17.3 Å². The van der Waals surface area contributed by atoms with Crippen LogP contribution < -0.4 is 14.8 Å². The summed E-state index contributed by atoms with van der Waals surface area (Å²) in [5.74, 6) is 3.17. The lowest BCUT2D eigenvalue weighted by atomic mass is 9.93. The fraction of sp³-hybridized carbons (Fsp3) is 0.583. The molecule has 0 saturated carbocycles. The van der Waals surface area contributed by atoms with Crippen LogP contribution in [0, 0.1) is 12.8 Å². The summed E-state index contributed by atoms with van der Waals surface area (Å²) >= 11 is 0. The van der Waals surface area contributed by atoms with Gasteiger partial charge in [-0.25, -0.2) is 4.98 Å². The number of nitrogens with zero attached hydrogens (tertiary/aromatic N) is 2. The molecule has 0 aliphatic carbocycles. The fourth-order valence-corrected chi connectivity index (χ4v) is 4.24. The summed E-state index contributed by atoms with van der Waals surface area (Å²) in [6.45, 7) is 7.71. The van der Waals surface area contributed by atoms with Gasteiger partial charge in [0.2, 0.25) is 5.91 Å². The van der Waals surface area contributed by atoms with Crippen molar-refractivity contribution in [1.82, 2.24) is 20.2 Å². The topological polar surface area (TPSA) is 79.5 Å². The van der Waals surface area contributed by atoms with E-state index in [4.69, 9.17) is 14.5 Å². The molecule has 3 rings (SSSR count). The summed E-state index contributed by atoms with van der Waals surface area (Å²) in [4.78, 5) is 23.0. The monoisotopic (exact) mass is 428 g/mol. The van der Waals surface area contributed by atoms with Crippen molar-refractivity contribution >= 4 is 5.91 Å². The van der Waals surface area contributed by atoms with Crippen molar-refractivity contribution in [3.05, 3.63) is 41.0 Å². The predicted molar refractivity (Wildman–Crippen MR) is 121 cm³/mol. The number of H-pyrrole nitrogens is 1. The van der Waals surface area contributed by atoms with E-state index in [2.05, 4.69) is 29.0 Å². The van der Waals surface area contributed by atoms with Gasteiger partial charge in [-0.3, -0.25) is 9.69 Å². The first-order valence-corrected chi connectivity index (χ1v) is 11.3. The van der Waals surface area contributed by atoms with Crippen molar-refractivity contribution in [3.8, 4) is 11.5 Å². The number of carbonyl (C=O) groups excluding carboxylic acids is 1. The molecule has 7 heteroatoms. The van der Waals surface area contributed by atoms with E-state index in [1.54, 1.807) is 14.2 Å². The van der Waals surface area contributed by atoms with Crippen LogP contribution in [0.1, 0.15) is 55.4 Å². The molecule has 0 unspecified atom stereocenters. The fourth-order valence-electron chi connectivity index (χ4n) is 4.24. The van der Waals surface area contributed by atoms with Crippen molar-refractivity contribution in [1.29, 1.82) is 0 Å². The third kappa shape index (κ3) is 6.47. The van der Waals surface area contributed by atoms with E-state index in [-0.39, 0.29) is 5.91 Å². The van der Waals surface area contributed by atoms with Gasteiger partial charge in [-0.2, -0.15) is 0 Å². The molecule has 0 radical (unpaired) electrons. The van der Waals surface area contributed by atoms with Gasteiger partial charge in [0.05, 0.1) is 19.9 Å². The van der Waals surface area contributed by atoms with Crippen LogP contribution in [-0.2, 0) is 24.3 Å². The minimum atomic E-state index is 0.0886. The number of nitrogens with one attached hydrogen (secondary N) is 2. The van der Waals surface area contributed by atoms with E-state index in [1.165, 1.54) is 18.5 Å². The number of benzene rings is 1. The number of rotatable bonds is 10. The molecule has 1 atom stereocenters. The number of likely N-dealkylation sites (tertiary alicyclic amines) is 1. The van der Waals surface area contributed by atoms with Crippen LogP contribution in [0.2, 0.25) is 0 Å². The highest BCUT2D eigenvalue weighted by Crippen LogP contribution is 2.25. The van der Waals surface area contributed by atoms with Gasteiger partial charge in [-0.05, 0) is 50.8 Å². The lowest BCUT2D eigenvalue weighted by Gasteiger charge is -2.32. The van der Waals surface area contributed by atoms with E-state index in [0.717, 1.165) is 61.1 Å². The maximum atomic E-state index is 12.4. The Labute approximate surface area is 185 Å². The van der Waals surface area contributed by atoms with Gasteiger partial charge in [0.15, 0.2) is 0 Å². The van der Waals surface area contributed by atoms with Gasteiger partial charge in [0.25, 0.3) is 0 Å². The van der Waals surface area contributed by atoms with Crippen molar-refractivity contribution in [2.45, 2.75) is 59.0 Å². The second-order valence-corrected chi connectivity index (χ2v) is 8.35. The van der Waals surface area contributed by atoms with Gasteiger partial charge in [-0.15, -0.1) is 0 Å². The Balaban J connectivity index is 1.44. The molecule has 1 amide bonds. The second-order valence-electron chi connectivity index (χ2n) is 8.35. The van der Waals surface area contributed by atoms with Crippen LogP contribution in [0.4, 0.5) is 0 Å². The molecule has 31 heavy (non-hydrogen) atoms. The van der Waals surface area contributed by atoms with E-state index < -0.39 is 0 Å². The number of hydrogen-bond acceptors (Lipinski definition) is 5. The van der Waals surface area contributed by atoms with Crippen molar-refractivity contribution in [2.24, 2.45) is 5.92 Å². The number of amides is 1. The zero-order valence-corrected chi connectivity index (χ0v) is 19.3. The number of ether oxygens (including phenoxy) is 2. The molecule has 0 spiro atoms. The highest BCUT2D eigenvalue weighted by molar-refractivity contribution is 5.75. The average molecular weight is 429 g/mol. The molecule has 2 heterocycles. The number of hydrogen-bond donors (Lipinski definition) is 2. The number of carbonyl (C=O) groups is 1. The number of piperidine rings is 1. The van der Waals surface area contributed by atoms with Crippen LogP contribution in [0.15, 0.2) is 18.2 Å². The summed E-state index contributed by atoms with van der Waals surface area (Å²) in [5.41, 5.74) is 3.28. The van der Waals surface area contributed by atoms with Crippen LogP contribution in [0.5, 0.6) is 11.5 Å². The van der Waals surface area contributed by atoms with Crippen molar-refractivity contribution in [2.75, 3.05) is 27.3 Å². The lowest BCUT2D eigenvalue weighted by molar-refractivity contribution is -0.121. The summed E-state index contributed by atoms with van der Waals surface area (Å²) in [6.07, 6.45) is 4.77.